The van der Waals surface area contributed by atoms with Gasteiger partial charge in [-0.05, 0) is 69.0 Å². The highest BCUT2D eigenvalue weighted by Crippen LogP contribution is 2.19. The Morgan fingerprint density at radius 1 is 1.16 bits per heavy atom. The number of β-amino-alcohol motifs (C(OH)–C–C–N with tert-alkyl or cyclic N) is 1. The van der Waals surface area contributed by atoms with E-state index >= 15 is 0 Å². The van der Waals surface area contributed by atoms with E-state index in [-0.39, 0.29) is 12.0 Å². The fourth-order valence-corrected chi connectivity index (χ4v) is 4.15. The lowest BCUT2D eigenvalue weighted by Gasteiger charge is -2.29. The molecule has 1 amide bonds. The molecular formula is C25H31N3O3. The van der Waals surface area contributed by atoms with Crippen LogP contribution in [0.2, 0.25) is 0 Å². The van der Waals surface area contributed by atoms with Crippen molar-refractivity contribution in [2.24, 2.45) is 0 Å². The SMILES string of the molecule is O=C(NCCCN1CCC[C@@H](O)C1)c1ccc2oc(CCCc3ccccc3)nc2c1. The van der Waals surface area contributed by atoms with Crippen molar-refractivity contribution in [3.8, 4) is 0 Å². The van der Waals surface area contributed by atoms with Gasteiger partial charge in [-0.25, -0.2) is 4.98 Å². The maximum atomic E-state index is 12.5. The Morgan fingerprint density at radius 3 is 2.87 bits per heavy atom. The number of aliphatic hydroxyl groups excluding tert-OH is 1. The van der Waals surface area contributed by atoms with Gasteiger partial charge in [-0.1, -0.05) is 30.3 Å². The van der Waals surface area contributed by atoms with Gasteiger partial charge < -0.3 is 19.7 Å². The number of aryl methyl sites for hydroxylation is 2. The van der Waals surface area contributed by atoms with Crippen LogP contribution in [0.3, 0.4) is 0 Å². The number of piperidine rings is 1. The van der Waals surface area contributed by atoms with Gasteiger partial charge in [0.2, 0.25) is 0 Å². The molecule has 4 rings (SSSR count). The van der Waals surface area contributed by atoms with Crippen LogP contribution >= 0.6 is 0 Å². The van der Waals surface area contributed by atoms with Gasteiger partial charge in [-0.3, -0.25) is 4.79 Å². The van der Waals surface area contributed by atoms with Gasteiger partial charge in [0, 0.05) is 25.1 Å². The predicted octanol–water partition coefficient (Wildman–Crippen LogP) is 3.58. The average molecular weight is 422 g/mol. The molecule has 2 aromatic carbocycles. The van der Waals surface area contributed by atoms with Gasteiger partial charge in [0.05, 0.1) is 6.10 Å². The Morgan fingerprint density at radius 2 is 2.03 bits per heavy atom. The van der Waals surface area contributed by atoms with Crippen LogP contribution in [0.25, 0.3) is 11.1 Å². The molecule has 0 aliphatic carbocycles. The summed E-state index contributed by atoms with van der Waals surface area (Å²) in [6.07, 6.45) is 5.33. The number of amides is 1. The van der Waals surface area contributed by atoms with Crippen LogP contribution in [0, 0.1) is 0 Å². The minimum Gasteiger partial charge on any atom is -0.441 e. The second-order valence-electron chi connectivity index (χ2n) is 8.34. The summed E-state index contributed by atoms with van der Waals surface area (Å²) in [5.74, 6) is 0.626. The number of aromatic nitrogens is 1. The summed E-state index contributed by atoms with van der Waals surface area (Å²) in [6, 6.07) is 15.8. The summed E-state index contributed by atoms with van der Waals surface area (Å²) >= 11 is 0. The van der Waals surface area contributed by atoms with E-state index in [4.69, 9.17) is 4.42 Å². The van der Waals surface area contributed by atoms with Crippen molar-refractivity contribution in [1.82, 2.24) is 15.2 Å². The maximum Gasteiger partial charge on any atom is 0.251 e. The molecule has 3 aromatic rings. The minimum atomic E-state index is -0.208. The molecule has 0 spiro atoms. The molecule has 164 valence electrons. The minimum absolute atomic E-state index is 0.0887. The first kappa shape index (κ1) is 21.5. The van der Waals surface area contributed by atoms with Crippen molar-refractivity contribution < 1.29 is 14.3 Å². The molecule has 1 aromatic heterocycles. The number of benzene rings is 2. The standard InChI is InChI=1S/C25H31N3O3/c29-21-10-5-15-28(18-21)16-6-14-26-25(30)20-12-13-23-22(17-20)27-24(31-23)11-4-9-19-7-2-1-3-8-19/h1-3,7-8,12-13,17,21,29H,4-6,9-11,14-16,18H2,(H,26,30)/t21-/m1/s1. The Bertz CT molecular complexity index is 986. The molecule has 1 aliphatic heterocycles. The molecule has 6 heteroatoms. The van der Waals surface area contributed by atoms with Crippen LogP contribution in [0.1, 0.15) is 47.5 Å². The van der Waals surface area contributed by atoms with Crippen LogP contribution in [-0.2, 0) is 12.8 Å². The second kappa shape index (κ2) is 10.6. The molecule has 1 atom stereocenters. The van der Waals surface area contributed by atoms with Gasteiger partial charge in [-0.15, -0.1) is 0 Å². The van der Waals surface area contributed by atoms with Crippen LogP contribution in [0.5, 0.6) is 0 Å². The molecule has 1 saturated heterocycles. The zero-order valence-electron chi connectivity index (χ0n) is 17.9. The highest BCUT2D eigenvalue weighted by molar-refractivity contribution is 5.97. The Balaban J connectivity index is 1.24. The zero-order valence-corrected chi connectivity index (χ0v) is 17.9. The number of aliphatic hydroxyl groups is 1. The quantitative estimate of drug-likeness (QED) is 0.517. The summed E-state index contributed by atoms with van der Waals surface area (Å²) in [5.41, 5.74) is 3.36. The molecule has 2 heterocycles. The molecule has 2 N–H and O–H groups in total. The highest BCUT2D eigenvalue weighted by atomic mass is 16.3. The predicted molar refractivity (Wildman–Crippen MR) is 121 cm³/mol. The van der Waals surface area contributed by atoms with Crippen LogP contribution in [-0.4, -0.2) is 53.2 Å². The number of fused-ring (bicyclic) bond motifs is 1. The lowest BCUT2D eigenvalue weighted by molar-refractivity contribution is 0.0697. The summed E-state index contributed by atoms with van der Waals surface area (Å²) in [7, 11) is 0. The van der Waals surface area contributed by atoms with E-state index in [1.165, 1.54) is 5.56 Å². The normalized spacial score (nSPS) is 17.1. The third-order valence-electron chi connectivity index (χ3n) is 5.81. The molecule has 0 bridgehead atoms. The monoisotopic (exact) mass is 421 g/mol. The largest absolute Gasteiger partial charge is 0.441 e. The number of hydrogen-bond acceptors (Lipinski definition) is 5. The molecule has 0 unspecified atom stereocenters. The smallest absolute Gasteiger partial charge is 0.251 e. The number of nitrogens with zero attached hydrogens (tertiary/aromatic N) is 2. The van der Waals surface area contributed by atoms with E-state index < -0.39 is 0 Å². The van der Waals surface area contributed by atoms with E-state index in [0.717, 1.165) is 69.3 Å². The topological polar surface area (TPSA) is 78.6 Å². The number of rotatable bonds is 9. The van der Waals surface area contributed by atoms with E-state index in [1.54, 1.807) is 12.1 Å². The highest BCUT2D eigenvalue weighted by Gasteiger charge is 2.17. The lowest BCUT2D eigenvalue weighted by Crippen LogP contribution is -2.39. The summed E-state index contributed by atoms with van der Waals surface area (Å²) in [5, 5.41) is 12.7. The van der Waals surface area contributed by atoms with E-state index in [1.807, 2.05) is 12.1 Å². The third-order valence-corrected chi connectivity index (χ3v) is 5.81. The fraction of sp³-hybridized carbons (Fsp3) is 0.440. The van der Waals surface area contributed by atoms with Gasteiger partial charge in [0.25, 0.3) is 5.91 Å². The molecule has 1 aliphatic rings. The van der Waals surface area contributed by atoms with Crippen LogP contribution < -0.4 is 5.32 Å². The maximum absolute atomic E-state index is 12.5. The van der Waals surface area contributed by atoms with E-state index in [2.05, 4.69) is 39.5 Å². The molecule has 6 nitrogen and oxygen atoms in total. The van der Waals surface area contributed by atoms with E-state index in [0.29, 0.717) is 18.0 Å². The van der Waals surface area contributed by atoms with Gasteiger partial charge >= 0.3 is 0 Å². The molecule has 1 fully saturated rings. The number of hydrogen-bond donors (Lipinski definition) is 2. The van der Waals surface area contributed by atoms with Gasteiger partial charge in [0.1, 0.15) is 5.52 Å². The van der Waals surface area contributed by atoms with E-state index in [9.17, 15) is 9.90 Å². The third kappa shape index (κ3) is 6.15. The van der Waals surface area contributed by atoms with Gasteiger partial charge in [-0.2, -0.15) is 0 Å². The number of carbonyl (C=O) groups excluding carboxylic acids is 1. The number of nitrogens with one attached hydrogen (secondary N) is 1. The number of oxazole rings is 1. The zero-order chi connectivity index (χ0) is 21.5. The van der Waals surface area contributed by atoms with Gasteiger partial charge in [0.15, 0.2) is 11.5 Å². The first-order chi connectivity index (χ1) is 15.2. The Labute approximate surface area is 183 Å². The van der Waals surface area contributed by atoms with Crippen molar-refractivity contribution in [3.05, 3.63) is 65.5 Å². The number of carbonyl (C=O) groups is 1. The second-order valence-corrected chi connectivity index (χ2v) is 8.34. The first-order valence-electron chi connectivity index (χ1n) is 11.3. The van der Waals surface area contributed by atoms with Crippen molar-refractivity contribution in [2.75, 3.05) is 26.2 Å². The van der Waals surface area contributed by atoms with Crippen molar-refractivity contribution in [2.45, 2.75) is 44.6 Å². The Kier molecular flexibility index (Phi) is 7.33. The summed E-state index contributed by atoms with van der Waals surface area (Å²) in [4.78, 5) is 19.3. The Hall–Kier alpha value is -2.70. The fourth-order valence-electron chi connectivity index (χ4n) is 4.15. The van der Waals surface area contributed by atoms with Crippen LogP contribution in [0.4, 0.5) is 0 Å². The van der Waals surface area contributed by atoms with Crippen molar-refractivity contribution in [3.63, 3.8) is 0 Å². The van der Waals surface area contributed by atoms with Crippen molar-refractivity contribution >= 4 is 17.0 Å². The van der Waals surface area contributed by atoms with Crippen LogP contribution in [0.15, 0.2) is 52.9 Å². The molecule has 0 radical (unpaired) electrons. The molecule has 31 heavy (non-hydrogen) atoms. The lowest BCUT2D eigenvalue weighted by atomic mass is 10.1. The summed E-state index contributed by atoms with van der Waals surface area (Å²) in [6.45, 7) is 3.28. The number of likely N-dealkylation sites (tertiary alicyclic amines) is 1. The van der Waals surface area contributed by atoms with Crippen molar-refractivity contribution in [1.29, 1.82) is 0 Å². The first-order valence-corrected chi connectivity index (χ1v) is 11.3. The summed E-state index contributed by atoms with van der Waals surface area (Å²) < 4.78 is 5.85. The molecule has 0 saturated carbocycles. The average Bonchev–Trinajstić information content (AvgIpc) is 3.19. The molecular weight excluding hydrogens is 390 g/mol.